The summed E-state index contributed by atoms with van der Waals surface area (Å²) in [6.45, 7) is 2.47. The Balaban J connectivity index is 2.05. The fourth-order valence-corrected chi connectivity index (χ4v) is 1.88. The third kappa shape index (κ3) is 2.95. The van der Waals surface area contributed by atoms with Crippen LogP contribution in [0.2, 0.25) is 0 Å². The van der Waals surface area contributed by atoms with Crippen LogP contribution in [0.15, 0.2) is 10.9 Å². The molecule has 2 heterocycles. The molecule has 0 radical (unpaired) electrons. The SMILES string of the molecule is CCCc1cc(CN(C)C(=O)c2nn(C)c(=O)[nH]2)[nH]n1. The van der Waals surface area contributed by atoms with E-state index in [9.17, 15) is 9.59 Å². The summed E-state index contributed by atoms with van der Waals surface area (Å²) in [5.74, 6) is -0.303. The molecular formula is C12H18N6O2. The van der Waals surface area contributed by atoms with Crippen molar-refractivity contribution in [2.45, 2.75) is 26.3 Å². The monoisotopic (exact) mass is 278 g/mol. The zero-order valence-electron chi connectivity index (χ0n) is 11.8. The van der Waals surface area contributed by atoms with Gasteiger partial charge in [0.1, 0.15) is 0 Å². The van der Waals surface area contributed by atoms with E-state index in [1.165, 1.54) is 11.9 Å². The fourth-order valence-electron chi connectivity index (χ4n) is 1.88. The number of aromatic nitrogens is 5. The highest BCUT2D eigenvalue weighted by molar-refractivity contribution is 5.90. The number of carbonyl (C=O) groups is 1. The van der Waals surface area contributed by atoms with Crippen LogP contribution in [0.3, 0.4) is 0 Å². The van der Waals surface area contributed by atoms with Gasteiger partial charge in [0, 0.05) is 14.1 Å². The van der Waals surface area contributed by atoms with Crippen molar-refractivity contribution in [2.75, 3.05) is 7.05 Å². The van der Waals surface area contributed by atoms with Crippen molar-refractivity contribution in [1.29, 1.82) is 0 Å². The lowest BCUT2D eigenvalue weighted by Crippen LogP contribution is -2.27. The lowest BCUT2D eigenvalue weighted by molar-refractivity contribution is 0.0771. The summed E-state index contributed by atoms with van der Waals surface area (Å²) in [6.07, 6.45) is 1.93. The Morgan fingerprint density at radius 2 is 2.25 bits per heavy atom. The van der Waals surface area contributed by atoms with Crippen LogP contribution in [0.4, 0.5) is 0 Å². The predicted octanol–water partition coefficient (Wildman–Crippen LogP) is 0.0562. The number of carbonyl (C=O) groups excluding carboxylic acids is 1. The zero-order chi connectivity index (χ0) is 14.7. The van der Waals surface area contributed by atoms with E-state index in [1.54, 1.807) is 7.05 Å². The highest BCUT2D eigenvalue weighted by Gasteiger charge is 2.17. The molecular weight excluding hydrogens is 260 g/mol. The number of nitrogens with zero attached hydrogens (tertiary/aromatic N) is 4. The van der Waals surface area contributed by atoms with Crippen molar-refractivity contribution in [3.8, 4) is 0 Å². The quantitative estimate of drug-likeness (QED) is 0.807. The second-order valence-electron chi connectivity index (χ2n) is 4.70. The molecule has 8 heteroatoms. The van der Waals surface area contributed by atoms with Gasteiger partial charge in [-0.25, -0.2) is 9.48 Å². The standard InChI is InChI=1S/C12H18N6O2/c1-4-5-8-6-9(15-14-8)7-17(2)11(19)10-13-12(20)18(3)16-10/h6H,4-5,7H2,1-3H3,(H,14,15)(H,13,16,20). The molecule has 20 heavy (non-hydrogen) atoms. The van der Waals surface area contributed by atoms with Gasteiger partial charge in [-0.3, -0.25) is 14.9 Å². The third-order valence-electron chi connectivity index (χ3n) is 2.92. The topological polar surface area (TPSA) is 99.7 Å². The summed E-state index contributed by atoms with van der Waals surface area (Å²) in [5.41, 5.74) is 1.42. The summed E-state index contributed by atoms with van der Waals surface area (Å²) < 4.78 is 1.09. The van der Waals surface area contributed by atoms with Gasteiger partial charge in [-0.2, -0.15) is 5.10 Å². The molecule has 0 aromatic carbocycles. The molecule has 0 atom stereocenters. The molecule has 0 bridgehead atoms. The second-order valence-corrected chi connectivity index (χ2v) is 4.70. The van der Waals surface area contributed by atoms with E-state index in [0.717, 1.165) is 28.9 Å². The molecule has 0 saturated carbocycles. The van der Waals surface area contributed by atoms with Gasteiger partial charge in [0.25, 0.3) is 5.91 Å². The van der Waals surface area contributed by atoms with Gasteiger partial charge in [-0.05, 0) is 12.5 Å². The van der Waals surface area contributed by atoms with Crippen LogP contribution in [0.5, 0.6) is 0 Å². The lowest BCUT2D eigenvalue weighted by Gasteiger charge is -2.13. The van der Waals surface area contributed by atoms with E-state index in [2.05, 4.69) is 27.2 Å². The van der Waals surface area contributed by atoms with Gasteiger partial charge < -0.3 is 4.90 Å². The zero-order valence-corrected chi connectivity index (χ0v) is 11.8. The molecule has 0 saturated heterocycles. The van der Waals surface area contributed by atoms with Crippen molar-refractivity contribution in [3.05, 3.63) is 33.8 Å². The maximum Gasteiger partial charge on any atom is 0.343 e. The first-order valence-electron chi connectivity index (χ1n) is 6.43. The maximum absolute atomic E-state index is 12.1. The van der Waals surface area contributed by atoms with Gasteiger partial charge in [0.05, 0.1) is 17.9 Å². The first-order valence-corrected chi connectivity index (χ1v) is 6.43. The van der Waals surface area contributed by atoms with E-state index in [1.807, 2.05) is 6.07 Å². The normalized spacial score (nSPS) is 10.8. The molecule has 0 aliphatic carbocycles. The van der Waals surface area contributed by atoms with Crippen LogP contribution in [-0.2, 0) is 20.0 Å². The predicted molar refractivity (Wildman–Crippen MR) is 72.2 cm³/mol. The summed E-state index contributed by atoms with van der Waals surface area (Å²) in [5, 5.41) is 10.9. The smallest absolute Gasteiger partial charge is 0.333 e. The molecule has 2 rings (SSSR count). The second kappa shape index (κ2) is 5.72. The summed E-state index contributed by atoms with van der Waals surface area (Å²) in [4.78, 5) is 27.2. The van der Waals surface area contributed by atoms with E-state index >= 15 is 0 Å². The largest absolute Gasteiger partial charge is 0.343 e. The number of nitrogens with one attached hydrogen (secondary N) is 2. The van der Waals surface area contributed by atoms with Crippen molar-refractivity contribution in [2.24, 2.45) is 7.05 Å². The van der Waals surface area contributed by atoms with Gasteiger partial charge in [0.15, 0.2) is 0 Å². The molecule has 0 spiro atoms. The highest BCUT2D eigenvalue weighted by Crippen LogP contribution is 2.06. The van der Waals surface area contributed by atoms with E-state index in [-0.39, 0.29) is 11.7 Å². The molecule has 0 unspecified atom stereocenters. The van der Waals surface area contributed by atoms with Crippen LogP contribution in [-0.4, -0.2) is 42.8 Å². The minimum Gasteiger partial charge on any atom is -0.333 e. The summed E-state index contributed by atoms with van der Waals surface area (Å²) >= 11 is 0. The third-order valence-corrected chi connectivity index (χ3v) is 2.92. The Kier molecular flexibility index (Phi) is 4.02. The summed E-state index contributed by atoms with van der Waals surface area (Å²) in [6, 6.07) is 1.94. The van der Waals surface area contributed by atoms with Crippen molar-refractivity contribution in [1.82, 2.24) is 29.9 Å². The lowest BCUT2D eigenvalue weighted by atomic mass is 10.2. The Hall–Kier alpha value is -2.38. The van der Waals surface area contributed by atoms with Crippen molar-refractivity contribution >= 4 is 5.91 Å². The van der Waals surface area contributed by atoms with Crippen LogP contribution >= 0.6 is 0 Å². The average molecular weight is 278 g/mol. The number of aromatic amines is 2. The Morgan fingerprint density at radius 1 is 1.50 bits per heavy atom. The van der Waals surface area contributed by atoms with Crippen molar-refractivity contribution < 1.29 is 4.79 Å². The van der Waals surface area contributed by atoms with E-state index < -0.39 is 5.69 Å². The number of amides is 1. The molecule has 108 valence electrons. The molecule has 1 amide bonds. The first kappa shape index (κ1) is 14.0. The Morgan fingerprint density at radius 3 is 2.85 bits per heavy atom. The maximum atomic E-state index is 12.1. The molecule has 8 nitrogen and oxygen atoms in total. The summed E-state index contributed by atoms with van der Waals surface area (Å²) in [7, 11) is 3.14. The van der Waals surface area contributed by atoms with Gasteiger partial charge in [-0.1, -0.05) is 13.3 Å². The van der Waals surface area contributed by atoms with Gasteiger partial charge in [0.2, 0.25) is 5.82 Å². The molecule has 0 aliphatic heterocycles. The minimum atomic E-state index is -0.409. The highest BCUT2D eigenvalue weighted by atomic mass is 16.2. The molecule has 2 aromatic heterocycles. The number of hydrogen-bond acceptors (Lipinski definition) is 4. The fraction of sp³-hybridized carbons (Fsp3) is 0.500. The average Bonchev–Trinajstić information content (AvgIpc) is 2.97. The minimum absolute atomic E-state index is 0.0355. The van der Waals surface area contributed by atoms with E-state index in [4.69, 9.17) is 0 Å². The van der Waals surface area contributed by atoms with Crippen molar-refractivity contribution in [3.63, 3.8) is 0 Å². The van der Waals surface area contributed by atoms with Crippen LogP contribution in [0, 0.1) is 0 Å². The van der Waals surface area contributed by atoms with Crippen LogP contribution in [0.1, 0.15) is 35.4 Å². The Labute approximate surface area is 115 Å². The number of aryl methyl sites for hydroxylation is 2. The number of rotatable bonds is 5. The first-order chi connectivity index (χ1) is 9.51. The van der Waals surface area contributed by atoms with Gasteiger partial charge >= 0.3 is 5.69 Å². The molecule has 0 aliphatic rings. The molecule has 0 fully saturated rings. The Bertz CT molecular complexity index is 653. The van der Waals surface area contributed by atoms with Gasteiger partial charge in [-0.15, -0.1) is 5.10 Å². The van der Waals surface area contributed by atoms with E-state index in [0.29, 0.717) is 6.54 Å². The molecule has 2 aromatic rings. The number of H-pyrrole nitrogens is 2. The number of hydrogen-bond donors (Lipinski definition) is 2. The molecule has 2 N–H and O–H groups in total. The van der Waals surface area contributed by atoms with Crippen LogP contribution in [0.25, 0.3) is 0 Å². The van der Waals surface area contributed by atoms with Crippen LogP contribution < -0.4 is 5.69 Å².